The Morgan fingerprint density at radius 1 is 0.346 bits per heavy atom. The van der Waals surface area contributed by atoms with Gasteiger partial charge >= 0.3 is 0 Å². The second-order valence-electron chi connectivity index (χ2n) is 4.49. The first-order chi connectivity index (χ1) is 10.8. The minimum absolute atomic E-state index is 0.847. The van der Waals surface area contributed by atoms with Gasteiger partial charge in [0.2, 0.25) is 0 Å². The zero-order chi connectivity index (χ0) is 22.0. The van der Waals surface area contributed by atoms with Gasteiger partial charge in [-0.3, -0.25) is 0 Å². The van der Waals surface area contributed by atoms with Gasteiger partial charge in [-0.1, -0.05) is 239 Å². The summed E-state index contributed by atoms with van der Waals surface area (Å²) in [6, 6.07) is 0. The highest BCUT2D eigenvalue weighted by atomic mass is 80.0. The van der Waals surface area contributed by atoms with Crippen LogP contribution in [0.15, 0.2) is 0 Å². The molecule has 26 heavy (non-hydrogen) atoms. The molecule has 0 saturated carbocycles. The Hall–Kier alpha value is 8.12. The molecule has 0 aromatic rings. The molecule has 0 fully saturated rings. The van der Waals surface area contributed by atoms with Crippen LogP contribution in [0, 0.1) is 0 Å². The first-order valence-corrected chi connectivity index (χ1v) is 18.7. The average molecular weight is 1470 g/mol. The highest BCUT2D eigenvalue weighted by molar-refractivity contribution is 9.42. The molecule has 1 unspecified atom stereocenters. The molecular weight excluding hydrogens is 1470 g/mol. The van der Waals surface area contributed by atoms with E-state index in [-0.39, 0.29) is 0 Å². The molecule has 0 bridgehead atoms. The lowest BCUT2D eigenvalue weighted by Crippen LogP contribution is -2.73. The largest absolute Gasteiger partial charge is 0.368 e. The summed E-state index contributed by atoms with van der Waals surface area (Å²) in [7, 11) is 0. The van der Waals surface area contributed by atoms with Crippen LogP contribution in [0.5, 0.6) is 0 Å². The van der Waals surface area contributed by atoms with Crippen LogP contribution in [0.4, 0.5) is 0 Å². The van der Waals surface area contributed by atoms with E-state index in [1.165, 1.54) is 0 Å². The van der Waals surface area contributed by atoms with Gasteiger partial charge < -0.3 is 5.11 Å². The van der Waals surface area contributed by atoms with Crippen molar-refractivity contribution in [2.45, 2.75) is 25.0 Å². The molecule has 0 aliphatic heterocycles. The summed E-state index contributed by atoms with van der Waals surface area (Å²) in [6.07, 6.45) is 0. The quantitative estimate of drug-likeness (QED) is 0.272. The molecule has 1 nitrogen and oxygen atoms in total. The smallest absolute Gasteiger partial charge is 0.195 e. The Morgan fingerprint density at radius 3 is 0.808 bits per heavy atom. The second-order valence-corrected chi connectivity index (χ2v) is 36.3. The van der Waals surface area contributed by atoms with Crippen molar-refractivity contribution in [1.29, 1.82) is 0 Å². The van der Waals surface area contributed by atoms with E-state index in [1.807, 2.05) is 0 Å². The van der Waals surface area contributed by atoms with Gasteiger partial charge in [0.15, 0.2) is 7.71 Å². The molecule has 0 aliphatic rings. The molecule has 0 aliphatic carbocycles. The van der Waals surface area contributed by atoms with E-state index in [9.17, 15) is 5.11 Å². The topological polar surface area (TPSA) is 20.2 Å². The highest BCUT2D eigenvalue weighted by Crippen LogP contribution is 2.78. The summed E-state index contributed by atoms with van der Waals surface area (Å²) in [5, 5.41) is 11.1. The summed E-state index contributed by atoms with van der Waals surface area (Å²) in [5.41, 5.74) is 0. The fraction of sp³-hybridized carbons (Fsp3) is 1.00. The third kappa shape index (κ3) is 6.15. The first-order valence-electron chi connectivity index (χ1n) is 5.19. The van der Waals surface area contributed by atoms with Crippen LogP contribution in [0.3, 0.4) is 0 Å². The van der Waals surface area contributed by atoms with Gasteiger partial charge in [-0.15, -0.1) is 0 Å². The molecule has 0 aromatic carbocycles. The zero-order valence-electron chi connectivity index (χ0n) is 10.9. The predicted octanol–water partition coefficient (Wildman–Crippen LogP) is 12.2. The summed E-state index contributed by atoms with van der Waals surface area (Å²) >= 11 is 60.9. The Bertz CT molecular complexity index is 520. The fourth-order valence-corrected chi connectivity index (χ4v) is 16.8. The number of alkyl halides is 17. The van der Waals surface area contributed by atoms with Crippen LogP contribution >= 0.6 is 271 Å². The highest BCUT2D eigenvalue weighted by Gasteiger charge is 2.80. The van der Waals surface area contributed by atoms with E-state index in [0.29, 0.717) is 0 Å². The lowest BCUT2D eigenvalue weighted by atomic mass is 9.98. The Kier molecular flexibility index (Phi) is 14.2. The Labute approximate surface area is 294 Å². The number of hydrogen-bond donors (Lipinski definition) is 1. The minimum Gasteiger partial charge on any atom is -0.368 e. The van der Waals surface area contributed by atoms with Gasteiger partial charge in [0.1, 0.15) is 17.3 Å². The summed E-state index contributed by atoms with van der Waals surface area (Å²) in [6.45, 7) is 0. The van der Waals surface area contributed by atoms with Crippen molar-refractivity contribution >= 4 is 271 Å². The van der Waals surface area contributed by atoms with Gasteiger partial charge in [-0.25, -0.2) is 0 Å². The molecule has 0 radical (unpaired) electrons. The number of aliphatic hydroxyl groups is 1. The van der Waals surface area contributed by atoms with Crippen molar-refractivity contribution in [1.82, 2.24) is 0 Å². The molecule has 0 spiro atoms. The van der Waals surface area contributed by atoms with E-state index in [1.54, 1.807) is 0 Å². The maximum atomic E-state index is 11.1. The van der Waals surface area contributed by atoms with Gasteiger partial charge in [-0.05, 0) is 31.9 Å². The molecule has 18 heteroatoms. The van der Waals surface area contributed by atoms with Crippen molar-refractivity contribution in [2.24, 2.45) is 0 Å². The van der Waals surface area contributed by atoms with E-state index in [0.717, 1.165) is 0 Å². The van der Waals surface area contributed by atoms with Crippen molar-refractivity contribution in [2.75, 3.05) is 0 Å². The third-order valence-corrected chi connectivity index (χ3v) is 32.7. The summed E-state index contributed by atoms with van der Waals surface area (Å²) in [5.74, 6) is 0. The number of hydrogen-bond acceptors (Lipinski definition) is 1. The molecule has 0 heterocycles. The number of rotatable bonds is 5. The van der Waals surface area contributed by atoms with Crippen molar-refractivity contribution in [3.05, 3.63) is 0 Å². The van der Waals surface area contributed by atoms with Crippen LogP contribution in [-0.4, -0.2) is 30.1 Å². The minimum atomic E-state index is -1.70. The Morgan fingerprint density at radius 2 is 0.615 bits per heavy atom. The zero-order valence-corrected chi connectivity index (χ0v) is 37.8. The van der Waals surface area contributed by atoms with Gasteiger partial charge in [0.25, 0.3) is 0 Å². The molecule has 0 saturated heterocycles. The molecule has 158 valence electrons. The predicted molar refractivity (Wildman–Crippen MR) is 176 cm³/mol. The van der Waals surface area contributed by atoms with Gasteiger partial charge in [0, 0.05) is 0 Å². The second kappa shape index (κ2) is 10.8. The average Bonchev–Trinajstić information content (AvgIpc) is 2.32. The number of halogens is 17. The van der Waals surface area contributed by atoms with E-state index >= 15 is 0 Å². The molecular formula is C8HBr17O. The maximum Gasteiger partial charge on any atom is 0.195 e. The van der Waals surface area contributed by atoms with Crippen molar-refractivity contribution in [3.63, 3.8) is 0 Å². The van der Waals surface area contributed by atoms with Crippen molar-refractivity contribution < 1.29 is 5.11 Å². The van der Waals surface area contributed by atoms with Crippen LogP contribution in [0.2, 0.25) is 0 Å². The van der Waals surface area contributed by atoms with Gasteiger partial charge in [-0.2, -0.15) is 0 Å². The maximum absolute atomic E-state index is 11.1. The normalized spacial score (nSPS) is 18.7. The summed E-state index contributed by atoms with van der Waals surface area (Å²) in [4.78, 5) is 0. The van der Waals surface area contributed by atoms with Crippen LogP contribution in [0.25, 0.3) is 0 Å². The van der Waals surface area contributed by atoms with Crippen molar-refractivity contribution in [3.8, 4) is 0 Å². The van der Waals surface area contributed by atoms with Crippen LogP contribution in [-0.2, 0) is 0 Å². The fourth-order valence-electron chi connectivity index (χ4n) is 1.36. The summed E-state index contributed by atoms with van der Waals surface area (Å²) < 4.78 is -9.29. The van der Waals surface area contributed by atoms with Crippen LogP contribution < -0.4 is 0 Å². The molecule has 1 N–H and O–H groups in total. The molecule has 0 rings (SSSR count). The molecule has 0 amide bonds. The third-order valence-electron chi connectivity index (χ3n) is 2.78. The molecule has 0 aromatic heterocycles. The van der Waals surface area contributed by atoms with Crippen LogP contribution in [0.1, 0.15) is 0 Å². The monoisotopic (exact) mass is 1450 g/mol. The lowest BCUT2D eigenvalue weighted by molar-refractivity contribution is 0.185. The van der Waals surface area contributed by atoms with E-state index in [2.05, 4.69) is 271 Å². The SMILES string of the molecule is OC(Br)(Br)C(Br)(C(Br)(Br)C(Br)(Br)Br)C(Br)(Br)C(Br)(Br)C(Br)(Br)C(Br)(Br)Br. The molecule has 1 atom stereocenters. The van der Waals surface area contributed by atoms with E-state index in [4.69, 9.17) is 0 Å². The lowest BCUT2D eigenvalue weighted by Gasteiger charge is -2.59. The standard InChI is InChI=1S/C8HBr17O/c9-1(8(24,25)26,3(12,13)6(18,19)20)2(10,11)4(14,15)5(16,17)7(21,22)23/h26H. The Balaban J connectivity index is 7.03. The first kappa shape index (κ1) is 34.1. The van der Waals surface area contributed by atoms with E-state index < -0.39 is 25.0 Å². The van der Waals surface area contributed by atoms with Gasteiger partial charge in [0.05, 0.1) is 0 Å².